The van der Waals surface area contributed by atoms with Crippen molar-refractivity contribution in [3.63, 3.8) is 0 Å². The summed E-state index contributed by atoms with van der Waals surface area (Å²) >= 11 is 1.60. The molecule has 0 saturated carbocycles. The van der Waals surface area contributed by atoms with Crippen LogP contribution in [0, 0.1) is 0 Å². The van der Waals surface area contributed by atoms with Crippen LogP contribution in [0.1, 0.15) is 17.0 Å². The second-order valence-electron chi connectivity index (χ2n) is 5.46. The van der Waals surface area contributed by atoms with Gasteiger partial charge in [-0.25, -0.2) is 0 Å². The van der Waals surface area contributed by atoms with Crippen LogP contribution < -0.4 is 5.32 Å². The zero-order chi connectivity index (χ0) is 15.9. The number of nitrogens with zero attached hydrogens (tertiary/aromatic N) is 1. The number of amides is 1. The van der Waals surface area contributed by atoms with Crippen molar-refractivity contribution in [1.82, 2.24) is 10.3 Å². The van der Waals surface area contributed by atoms with Crippen LogP contribution in [0.5, 0.6) is 0 Å². The highest BCUT2D eigenvalue weighted by Gasteiger charge is 2.28. The molecule has 2 atom stereocenters. The number of nitrogens with one attached hydrogen (secondary N) is 1. The molecule has 5 nitrogen and oxygen atoms in total. The van der Waals surface area contributed by atoms with Crippen molar-refractivity contribution in [2.24, 2.45) is 0 Å². The maximum Gasteiger partial charge on any atom is 0.225 e. The summed E-state index contributed by atoms with van der Waals surface area (Å²) in [6.45, 7) is 1.57. The summed E-state index contributed by atoms with van der Waals surface area (Å²) in [6, 6.07) is 9.65. The quantitative estimate of drug-likeness (QED) is 0.881. The van der Waals surface area contributed by atoms with E-state index in [4.69, 9.17) is 9.47 Å². The summed E-state index contributed by atoms with van der Waals surface area (Å²) in [5, 5.41) is 5.07. The molecule has 1 aliphatic heterocycles. The van der Waals surface area contributed by atoms with Gasteiger partial charge in [-0.15, -0.1) is 11.3 Å². The lowest BCUT2D eigenvalue weighted by Crippen LogP contribution is -2.50. The van der Waals surface area contributed by atoms with E-state index in [0.717, 1.165) is 17.0 Å². The molecule has 0 bridgehead atoms. The Balaban J connectivity index is 1.52. The summed E-state index contributed by atoms with van der Waals surface area (Å²) < 4.78 is 11.4. The summed E-state index contributed by atoms with van der Waals surface area (Å²) in [6.07, 6.45) is 2.79. The molecule has 1 saturated heterocycles. The smallest absolute Gasteiger partial charge is 0.225 e. The van der Waals surface area contributed by atoms with Gasteiger partial charge < -0.3 is 14.8 Å². The standard InChI is InChI=1S/C17H20N2O3S/c20-17(10-14-5-3-9-23-14)19-15-6-8-21-12-16(15)22-11-13-4-1-2-7-18-13/h1-5,7,9,15-16H,6,8,10-12H2,(H,19,20)/t15-,16-/m1/s1. The summed E-state index contributed by atoms with van der Waals surface area (Å²) in [5.41, 5.74) is 0.877. The molecule has 3 rings (SSSR count). The first-order valence-electron chi connectivity index (χ1n) is 7.72. The summed E-state index contributed by atoms with van der Waals surface area (Å²) in [5.74, 6) is 0.0331. The highest BCUT2D eigenvalue weighted by Crippen LogP contribution is 2.15. The van der Waals surface area contributed by atoms with Crippen molar-refractivity contribution in [2.45, 2.75) is 31.6 Å². The topological polar surface area (TPSA) is 60.5 Å². The van der Waals surface area contributed by atoms with Crippen molar-refractivity contribution < 1.29 is 14.3 Å². The lowest BCUT2D eigenvalue weighted by molar-refractivity contribution is -0.126. The Labute approximate surface area is 139 Å². The van der Waals surface area contributed by atoms with Crippen LogP contribution >= 0.6 is 11.3 Å². The molecule has 0 aromatic carbocycles. The fourth-order valence-corrected chi connectivity index (χ4v) is 3.25. The molecule has 1 amide bonds. The summed E-state index contributed by atoms with van der Waals surface area (Å²) in [4.78, 5) is 17.5. The highest BCUT2D eigenvalue weighted by atomic mass is 32.1. The van der Waals surface area contributed by atoms with Crippen LogP contribution in [0.3, 0.4) is 0 Å². The van der Waals surface area contributed by atoms with E-state index in [1.807, 2.05) is 35.7 Å². The number of rotatable bonds is 6. The molecule has 1 fully saturated rings. The van der Waals surface area contributed by atoms with Gasteiger partial charge in [-0.05, 0) is 30.0 Å². The maximum atomic E-state index is 12.2. The van der Waals surface area contributed by atoms with E-state index in [1.165, 1.54) is 0 Å². The van der Waals surface area contributed by atoms with E-state index in [1.54, 1.807) is 17.5 Å². The van der Waals surface area contributed by atoms with Crippen molar-refractivity contribution in [3.05, 3.63) is 52.5 Å². The number of aromatic nitrogens is 1. The molecular weight excluding hydrogens is 312 g/mol. The average molecular weight is 332 g/mol. The Morgan fingerprint density at radius 3 is 3.13 bits per heavy atom. The fourth-order valence-electron chi connectivity index (χ4n) is 2.55. The Hall–Kier alpha value is -1.76. The molecule has 0 radical (unpaired) electrons. The van der Waals surface area contributed by atoms with E-state index >= 15 is 0 Å². The van der Waals surface area contributed by atoms with Gasteiger partial charge in [0.15, 0.2) is 0 Å². The van der Waals surface area contributed by atoms with E-state index in [-0.39, 0.29) is 18.1 Å². The number of hydrogen-bond donors (Lipinski definition) is 1. The third-order valence-corrected chi connectivity index (χ3v) is 4.61. The first-order valence-corrected chi connectivity index (χ1v) is 8.60. The normalized spacial score (nSPS) is 21.0. The zero-order valence-electron chi connectivity index (χ0n) is 12.8. The largest absolute Gasteiger partial charge is 0.379 e. The molecule has 3 heterocycles. The number of pyridine rings is 1. The predicted octanol–water partition coefficient (Wildman–Crippen LogP) is 2.18. The van der Waals surface area contributed by atoms with Crippen LogP contribution in [0.4, 0.5) is 0 Å². The van der Waals surface area contributed by atoms with Gasteiger partial charge in [0.2, 0.25) is 5.91 Å². The lowest BCUT2D eigenvalue weighted by atomic mass is 10.1. The Morgan fingerprint density at radius 2 is 2.35 bits per heavy atom. The van der Waals surface area contributed by atoms with Gasteiger partial charge >= 0.3 is 0 Å². The van der Waals surface area contributed by atoms with E-state index < -0.39 is 0 Å². The van der Waals surface area contributed by atoms with Gasteiger partial charge in [-0.1, -0.05) is 12.1 Å². The number of hydrogen-bond acceptors (Lipinski definition) is 5. The molecule has 0 aliphatic carbocycles. The first-order chi connectivity index (χ1) is 11.3. The Bertz CT molecular complexity index is 604. The lowest BCUT2D eigenvalue weighted by Gasteiger charge is -2.32. The van der Waals surface area contributed by atoms with Crippen LogP contribution in [0.15, 0.2) is 41.9 Å². The molecule has 0 spiro atoms. The molecule has 2 aromatic rings. The van der Waals surface area contributed by atoms with E-state index in [2.05, 4.69) is 10.3 Å². The predicted molar refractivity (Wildman–Crippen MR) is 88.2 cm³/mol. The third kappa shape index (κ3) is 4.86. The van der Waals surface area contributed by atoms with Crippen LogP contribution in [0.2, 0.25) is 0 Å². The van der Waals surface area contributed by atoms with Gasteiger partial charge in [0.05, 0.1) is 31.4 Å². The average Bonchev–Trinajstić information content (AvgIpc) is 3.08. The third-order valence-electron chi connectivity index (χ3n) is 3.74. The second-order valence-corrected chi connectivity index (χ2v) is 6.50. The van der Waals surface area contributed by atoms with Crippen LogP contribution in [-0.2, 0) is 27.3 Å². The van der Waals surface area contributed by atoms with Crippen LogP contribution in [0.25, 0.3) is 0 Å². The molecule has 122 valence electrons. The molecule has 1 N–H and O–H groups in total. The van der Waals surface area contributed by atoms with Gasteiger partial charge in [0, 0.05) is 17.7 Å². The first kappa shape index (κ1) is 16.1. The highest BCUT2D eigenvalue weighted by molar-refractivity contribution is 7.10. The number of ether oxygens (including phenoxy) is 2. The van der Waals surface area contributed by atoms with E-state index in [9.17, 15) is 4.79 Å². The van der Waals surface area contributed by atoms with Gasteiger partial charge in [-0.2, -0.15) is 0 Å². The fraction of sp³-hybridized carbons (Fsp3) is 0.412. The SMILES string of the molecule is O=C(Cc1cccs1)N[C@@H]1CCOC[C@H]1OCc1ccccn1. The van der Waals surface area contributed by atoms with Gasteiger partial charge in [-0.3, -0.25) is 9.78 Å². The number of thiophene rings is 1. The van der Waals surface area contributed by atoms with Crippen molar-refractivity contribution >= 4 is 17.2 Å². The Morgan fingerprint density at radius 1 is 1.39 bits per heavy atom. The van der Waals surface area contributed by atoms with Gasteiger partial charge in [0.1, 0.15) is 6.10 Å². The van der Waals surface area contributed by atoms with Crippen molar-refractivity contribution in [1.29, 1.82) is 0 Å². The molecule has 23 heavy (non-hydrogen) atoms. The molecule has 6 heteroatoms. The van der Waals surface area contributed by atoms with Crippen molar-refractivity contribution in [2.75, 3.05) is 13.2 Å². The minimum Gasteiger partial charge on any atom is -0.379 e. The minimum absolute atomic E-state index is 0.0140. The number of carbonyl (C=O) groups excluding carboxylic acids is 1. The maximum absolute atomic E-state index is 12.2. The molecule has 2 aromatic heterocycles. The molecule has 1 aliphatic rings. The van der Waals surface area contributed by atoms with E-state index in [0.29, 0.717) is 26.2 Å². The Kier molecular flexibility index (Phi) is 5.74. The monoisotopic (exact) mass is 332 g/mol. The summed E-state index contributed by atoms with van der Waals surface area (Å²) in [7, 11) is 0. The minimum atomic E-state index is -0.141. The van der Waals surface area contributed by atoms with Gasteiger partial charge in [0.25, 0.3) is 0 Å². The number of carbonyl (C=O) groups is 1. The van der Waals surface area contributed by atoms with Crippen molar-refractivity contribution in [3.8, 4) is 0 Å². The molecular formula is C17H20N2O3S. The van der Waals surface area contributed by atoms with Crippen LogP contribution in [-0.4, -0.2) is 36.3 Å². The molecule has 0 unspecified atom stereocenters. The zero-order valence-corrected chi connectivity index (χ0v) is 13.6. The second kappa shape index (κ2) is 8.19.